The average molecular weight is 293 g/mol. The van der Waals surface area contributed by atoms with Crippen molar-refractivity contribution < 1.29 is 5.11 Å². The predicted octanol–water partition coefficient (Wildman–Crippen LogP) is 5.44. The van der Waals surface area contributed by atoms with Crippen LogP contribution in [0.5, 0.6) is 5.75 Å². The molecular weight excluding hydrogens is 280 g/mol. The molecule has 0 aromatic heterocycles. The fourth-order valence-electron chi connectivity index (χ4n) is 3.09. The maximum atomic E-state index is 10.4. The highest BCUT2D eigenvalue weighted by Gasteiger charge is 2.19. The number of phenolic OH excluding ortho intramolecular Hbond substituents is 1. The van der Waals surface area contributed by atoms with Crippen molar-refractivity contribution in [2.24, 2.45) is 0 Å². The van der Waals surface area contributed by atoms with Gasteiger partial charge in [-0.25, -0.2) is 0 Å². The zero-order valence-electron chi connectivity index (χ0n) is 11.3. The standard InChI is InChI=1S/C19H13ClO/c20-16-10-8-13-5-3-7-14(13)18(16)19-15-6-2-1-4-12(15)9-11-17(19)21/h1-4,6-11,21H,5H2. The Kier molecular flexibility index (Phi) is 2.76. The van der Waals surface area contributed by atoms with Gasteiger partial charge in [-0.2, -0.15) is 0 Å². The van der Waals surface area contributed by atoms with Gasteiger partial charge in [-0.1, -0.05) is 60.2 Å². The summed E-state index contributed by atoms with van der Waals surface area (Å²) in [4.78, 5) is 0. The van der Waals surface area contributed by atoms with Crippen LogP contribution in [-0.4, -0.2) is 5.11 Å². The molecule has 3 aromatic rings. The zero-order valence-corrected chi connectivity index (χ0v) is 12.1. The molecule has 3 aromatic carbocycles. The summed E-state index contributed by atoms with van der Waals surface area (Å²) in [5.41, 5.74) is 4.12. The average Bonchev–Trinajstić information content (AvgIpc) is 2.97. The lowest BCUT2D eigenvalue weighted by molar-refractivity contribution is 0.478. The van der Waals surface area contributed by atoms with Gasteiger partial charge in [-0.05, 0) is 40.5 Å². The molecule has 0 spiro atoms. The van der Waals surface area contributed by atoms with E-state index in [9.17, 15) is 5.11 Å². The Morgan fingerprint density at radius 3 is 2.67 bits per heavy atom. The minimum atomic E-state index is 0.268. The summed E-state index contributed by atoms with van der Waals surface area (Å²) in [5.74, 6) is 0.268. The smallest absolute Gasteiger partial charge is 0.124 e. The molecule has 0 radical (unpaired) electrons. The van der Waals surface area contributed by atoms with Gasteiger partial charge >= 0.3 is 0 Å². The third-order valence-corrected chi connectivity index (χ3v) is 4.38. The van der Waals surface area contributed by atoms with E-state index in [1.165, 1.54) is 5.56 Å². The Hall–Kier alpha value is -2.25. The van der Waals surface area contributed by atoms with E-state index in [1.54, 1.807) is 6.07 Å². The molecule has 0 atom stereocenters. The minimum absolute atomic E-state index is 0.268. The second-order valence-electron chi connectivity index (χ2n) is 5.28. The first kappa shape index (κ1) is 12.5. The number of phenols is 1. The van der Waals surface area contributed by atoms with E-state index in [0.29, 0.717) is 5.02 Å². The van der Waals surface area contributed by atoms with Crippen molar-refractivity contribution in [2.45, 2.75) is 6.42 Å². The summed E-state index contributed by atoms with van der Waals surface area (Å²) in [7, 11) is 0. The minimum Gasteiger partial charge on any atom is -0.507 e. The van der Waals surface area contributed by atoms with Gasteiger partial charge in [0.15, 0.2) is 0 Å². The first-order valence-electron chi connectivity index (χ1n) is 6.95. The van der Waals surface area contributed by atoms with Crippen LogP contribution in [0.1, 0.15) is 11.1 Å². The Balaban J connectivity index is 2.15. The van der Waals surface area contributed by atoms with Gasteiger partial charge in [0.25, 0.3) is 0 Å². The van der Waals surface area contributed by atoms with Gasteiger partial charge < -0.3 is 5.11 Å². The molecule has 0 saturated heterocycles. The van der Waals surface area contributed by atoms with Crippen molar-refractivity contribution in [1.82, 2.24) is 0 Å². The largest absolute Gasteiger partial charge is 0.507 e. The Labute approximate surface area is 128 Å². The number of hydrogen-bond donors (Lipinski definition) is 1. The Morgan fingerprint density at radius 2 is 1.76 bits per heavy atom. The third-order valence-electron chi connectivity index (χ3n) is 4.06. The second kappa shape index (κ2) is 4.64. The Bertz CT molecular complexity index is 893. The summed E-state index contributed by atoms with van der Waals surface area (Å²) in [5, 5.41) is 13.2. The summed E-state index contributed by atoms with van der Waals surface area (Å²) in [6.45, 7) is 0. The van der Waals surface area contributed by atoms with Crippen LogP contribution in [0.3, 0.4) is 0 Å². The molecule has 0 amide bonds. The third kappa shape index (κ3) is 1.85. The molecular formula is C19H13ClO. The van der Waals surface area contributed by atoms with Gasteiger partial charge in [0, 0.05) is 16.1 Å². The maximum Gasteiger partial charge on any atom is 0.124 e. The summed E-state index contributed by atoms with van der Waals surface area (Å²) < 4.78 is 0. The van der Waals surface area contributed by atoms with Crippen molar-refractivity contribution in [3.8, 4) is 16.9 Å². The number of fused-ring (bicyclic) bond motifs is 2. The molecule has 0 bridgehead atoms. The van der Waals surface area contributed by atoms with Crippen molar-refractivity contribution in [1.29, 1.82) is 0 Å². The van der Waals surface area contributed by atoms with Gasteiger partial charge in [-0.3, -0.25) is 0 Å². The van der Waals surface area contributed by atoms with Crippen molar-refractivity contribution in [3.05, 3.63) is 70.8 Å². The van der Waals surface area contributed by atoms with Gasteiger partial charge in [0.2, 0.25) is 0 Å². The van der Waals surface area contributed by atoms with Gasteiger partial charge in [0.1, 0.15) is 5.75 Å². The van der Waals surface area contributed by atoms with E-state index < -0.39 is 0 Å². The van der Waals surface area contributed by atoms with Crippen molar-refractivity contribution in [3.63, 3.8) is 0 Å². The summed E-state index contributed by atoms with van der Waals surface area (Å²) in [6, 6.07) is 15.7. The number of rotatable bonds is 1. The number of hydrogen-bond acceptors (Lipinski definition) is 1. The fourth-order valence-corrected chi connectivity index (χ4v) is 3.34. The number of benzene rings is 3. The topological polar surface area (TPSA) is 20.2 Å². The maximum absolute atomic E-state index is 10.4. The lowest BCUT2D eigenvalue weighted by Gasteiger charge is -2.15. The van der Waals surface area contributed by atoms with Crippen LogP contribution < -0.4 is 0 Å². The second-order valence-corrected chi connectivity index (χ2v) is 5.69. The predicted molar refractivity (Wildman–Crippen MR) is 88.8 cm³/mol. The molecule has 0 fully saturated rings. The van der Waals surface area contributed by atoms with E-state index in [4.69, 9.17) is 11.6 Å². The molecule has 1 aliphatic rings. The fraction of sp³-hybridized carbons (Fsp3) is 0.0526. The SMILES string of the molecule is Oc1ccc2ccccc2c1-c1c(Cl)ccc2c1C=CC2. The van der Waals surface area contributed by atoms with E-state index in [0.717, 1.165) is 33.9 Å². The van der Waals surface area contributed by atoms with E-state index in [2.05, 4.69) is 18.2 Å². The number of aromatic hydroxyl groups is 1. The van der Waals surface area contributed by atoms with E-state index in [1.807, 2.05) is 36.4 Å². The first-order chi connectivity index (χ1) is 10.3. The highest BCUT2D eigenvalue weighted by molar-refractivity contribution is 6.34. The quantitative estimate of drug-likeness (QED) is 0.633. The normalized spacial score (nSPS) is 12.8. The van der Waals surface area contributed by atoms with Crippen molar-refractivity contribution in [2.75, 3.05) is 0 Å². The Morgan fingerprint density at radius 1 is 0.905 bits per heavy atom. The van der Waals surface area contributed by atoms with Crippen LogP contribution in [0, 0.1) is 0 Å². The highest BCUT2D eigenvalue weighted by Crippen LogP contribution is 2.44. The van der Waals surface area contributed by atoms with Crippen LogP contribution in [0.2, 0.25) is 5.02 Å². The van der Waals surface area contributed by atoms with Crippen LogP contribution in [0.15, 0.2) is 54.6 Å². The molecule has 21 heavy (non-hydrogen) atoms. The lowest BCUT2D eigenvalue weighted by Crippen LogP contribution is -1.91. The molecule has 0 unspecified atom stereocenters. The highest BCUT2D eigenvalue weighted by atomic mass is 35.5. The van der Waals surface area contributed by atoms with E-state index >= 15 is 0 Å². The number of halogens is 1. The summed E-state index contributed by atoms with van der Waals surface area (Å²) >= 11 is 6.47. The first-order valence-corrected chi connectivity index (χ1v) is 7.32. The lowest BCUT2D eigenvalue weighted by atomic mass is 9.92. The van der Waals surface area contributed by atoms with Crippen LogP contribution in [-0.2, 0) is 6.42 Å². The van der Waals surface area contributed by atoms with Crippen LogP contribution in [0.25, 0.3) is 28.0 Å². The molecule has 102 valence electrons. The molecule has 0 aliphatic heterocycles. The molecule has 1 aliphatic carbocycles. The van der Waals surface area contributed by atoms with Crippen LogP contribution >= 0.6 is 11.6 Å². The molecule has 1 nitrogen and oxygen atoms in total. The molecule has 1 N–H and O–H groups in total. The molecule has 0 saturated carbocycles. The zero-order chi connectivity index (χ0) is 14.4. The molecule has 2 heteroatoms. The molecule has 0 heterocycles. The van der Waals surface area contributed by atoms with E-state index in [-0.39, 0.29) is 5.75 Å². The molecule has 4 rings (SSSR count). The van der Waals surface area contributed by atoms with Gasteiger partial charge in [0.05, 0.1) is 0 Å². The van der Waals surface area contributed by atoms with Gasteiger partial charge in [-0.15, -0.1) is 0 Å². The summed E-state index contributed by atoms with van der Waals surface area (Å²) in [6.07, 6.45) is 5.15. The van der Waals surface area contributed by atoms with Crippen molar-refractivity contribution >= 4 is 28.4 Å². The monoisotopic (exact) mass is 292 g/mol. The number of allylic oxidation sites excluding steroid dienone is 1. The van der Waals surface area contributed by atoms with Crippen LogP contribution in [0.4, 0.5) is 0 Å².